The number of amides is 1. The summed E-state index contributed by atoms with van der Waals surface area (Å²) in [6.07, 6.45) is 3.74. The third-order valence-electron chi connectivity index (χ3n) is 5.61. The Bertz CT molecular complexity index is 1080. The van der Waals surface area contributed by atoms with E-state index in [2.05, 4.69) is 51.8 Å². The number of hydrogen-bond acceptors (Lipinski definition) is 3. The number of allylic oxidation sites excluding steroid dienone is 3. The minimum Gasteiger partial charge on any atom is -0.512 e. The molecular weight excluding hydrogens is 364 g/mol. The maximum atomic E-state index is 13.0. The molecule has 1 atom stereocenters. The number of H-pyrrole nitrogens is 1. The normalized spacial score (nSPS) is 18.0. The fraction of sp³-hybridized carbons (Fsp3) is 0.417. The predicted molar refractivity (Wildman–Crippen MR) is 117 cm³/mol. The highest BCUT2D eigenvalue weighted by atomic mass is 16.3. The summed E-state index contributed by atoms with van der Waals surface area (Å²) in [4.78, 5) is 28.7. The molecule has 1 heterocycles. The molecule has 0 aliphatic heterocycles. The molecule has 29 heavy (non-hydrogen) atoms. The summed E-state index contributed by atoms with van der Waals surface area (Å²) in [6, 6.07) is 7.10. The average molecular weight is 395 g/mol. The summed E-state index contributed by atoms with van der Waals surface area (Å²) in [5.74, 6) is -0.248. The molecule has 1 aromatic carbocycles. The van der Waals surface area contributed by atoms with E-state index in [0.29, 0.717) is 23.0 Å². The highest BCUT2D eigenvalue weighted by molar-refractivity contribution is 5.98. The molecule has 1 aliphatic rings. The molecule has 0 bridgehead atoms. The van der Waals surface area contributed by atoms with E-state index in [1.807, 2.05) is 6.07 Å². The first kappa shape index (κ1) is 20.9. The van der Waals surface area contributed by atoms with E-state index in [1.165, 1.54) is 6.20 Å². The van der Waals surface area contributed by atoms with Gasteiger partial charge in [0.05, 0.1) is 5.76 Å². The second-order valence-electron chi connectivity index (χ2n) is 9.87. The van der Waals surface area contributed by atoms with Crippen LogP contribution in [0, 0.1) is 16.7 Å². The molecule has 1 amide bonds. The van der Waals surface area contributed by atoms with Gasteiger partial charge in [-0.15, -0.1) is 0 Å². The van der Waals surface area contributed by atoms with Crippen LogP contribution in [0.2, 0.25) is 0 Å². The van der Waals surface area contributed by atoms with Crippen molar-refractivity contribution in [2.45, 2.75) is 48.0 Å². The number of hydrogen-bond donors (Lipinski definition) is 3. The summed E-state index contributed by atoms with van der Waals surface area (Å²) >= 11 is 0. The van der Waals surface area contributed by atoms with Crippen LogP contribution in [0.1, 0.15) is 58.3 Å². The van der Waals surface area contributed by atoms with Crippen LogP contribution in [0.15, 0.2) is 58.4 Å². The largest absolute Gasteiger partial charge is 0.512 e. The number of aromatic amines is 1. The molecule has 3 rings (SSSR count). The van der Waals surface area contributed by atoms with Gasteiger partial charge in [0.25, 0.3) is 5.91 Å². The fourth-order valence-corrected chi connectivity index (χ4v) is 3.85. The Morgan fingerprint density at radius 1 is 1.14 bits per heavy atom. The van der Waals surface area contributed by atoms with Gasteiger partial charge in [-0.05, 0) is 41.0 Å². The first-order valence-corrected chi connectivity index (χ1v) is 9.95. The van der Waals surface area contributed by atoms with Crippen LogP contribution in [0.3, 0.4) is 0 Å². The molecule has 1 aromatic heterocycles. The predicted octanol–water partition coefficient (Wildman–Crippen LogP) is 5.07. The summed E-state index contributed by atoms with van der Waals surface area (Å²) in [6.45, 7) is 12.6. The minimum absolute atomic E-state index is 0.0264. The summed E-state index contributed by atoms with van der Waals surface area (Å²) in [5, 5.41) is 14.0. The lowest BCUT2D eigenvalue weighted by Gasteiger charge is -2.38. The van der Waals surface area contributed by atoms with Crippen molar-refractivity contribution >= 4 is 16.8 Å². The number of aromatic nitrogens is 1. The number of nitrogens with one attached hydrogen (secondary N) is 2. The van der Waals surface area contributed by atoms with Crippen molar-refractivity contribution in [3.05, 3.63) is 69.4 Å². The Morgan fingerprint density at radius 3 is 2.41 bits per heavy atom. The van der Waals surface area contributed by atoms with Gasteiger partial charge in [-0.1, -0.05) is 53.7 Å². The molecule has 1 aliphatic carbocycles. The van der Waals surface area contributed by atoms with Gasteiger partial charge in [0.2, 0.25) is 5.43 Å². The molecule has 0 fully saturated rings. The Balaban J connectivity index is 2.01. The number of pyridine rings is 1. The van der Waals surface area contributed by atoms with Crippen LogP contribution >= 0.6 is 0 Å². The van der Waals surface area contributed by atoms with Crippen LogP contribution in [-0.2, 0) is 0 Å². The van der Waals surface area contributed by atoms with Crippen molar-refractivity contribution in [1.29, 1.82) is 0 Å². The molecule has 0 radical (unpaired) electrons. The number of fused-ring (bicyclic) bond motifs is 1. The molecule has 0 saturated carbocycles. The van der Waals surface area contributed by atoms with Gasteiger partial charge in [0.15, 0.2) is 0 Å². The van der Waals surface area contributed by atoms with Crippen LogP contribution < -0.4 is 10.7 Å². The number of carbonyl (C=O) groups excluding carboxylic acids is 1. The standard InChI is InChI=1S/C24H30N2O3/c1-23(2,3)16-11-17(24(4,5)6)20(27)12-19(16)26-22(29)15-13-25-18-10-8-7-9-14(18)21(15)28/h7-10,12-13,17,27H,11H2,1-6H3,(H,25,28)(H,26,29). The van der Waals surface area contributed by atoms with E-state index < -0.39 is 5.91 Å². The van der Waals surface area contributed by atoms with Gasteiger partial charge in [-0.25, -0.2) is 0 Å². The van der Waals surface area contributed by atoms with E-state index in [1.54, 1.807) is 24.3 Å². The van der Waals surface area contributed by atoms with Crippen molar-refractivity contribution in [3.63, 3.8) is 0 Å². The van der Waals surface area contributed by atoms with Crippen molar-refractivity contribution < 1.29 is 9.90 Å². The molecule has 1 unspecified atom stereocenters. The topological polar surface area (TPSA) is 82.2 Å². The van der Waals surface area contributed by atoms with Crippen molar-refractivity contribution in [2.24, 2.45) is 16.7 Å². The summed E-state index contributed by atoms with van der Waals surface area (Å²) in [7, 11) is 0. The van der Waals surface area contributed by atoms with Gasteiger partial charge in [0, 0.05) is 28.7 Å². The molecule has 0 saturated heterocycles. The summed E-state index contributed by atoms with van der Waals surface area (Å²) in [5.41, 5.74) is 1.75. The number of carbonyl (C=O) groups is 1. The quantitative estimate of drug-likeness (QED) is 0.665. The maximum absolute atomic E-state index is 13.0. The van der Waals surface area contributed by atoms with Gasteiger partial charge >= 0.3 is 0 Å². The van der Waals surface area contributed by atoms with E-state index >= 15 is 0 Å². The Morgan fingerprint density at radius 2 is 1.79 bits per heavy atom. The highest BCUT2D eigenvalue weighted by Crippen LogP contribution is 2.44. The van der Waals surface area contributed by atoms with E-state index in [4.69, 9.17) is 0 Å². The third-order valence-corrected chi connectivity index (χ3v) is 5.61. The number of benzene rings is 1. The summed E-state index contributed by atoms with van der Waals surface area (Å²) < 4.78 is 0. The van der Waals surface area contributed by atoms with Gasteiger partial charge in [-0.2, -0.15) is 0 Å². The van der Waals surface area contributed by atoms with Gasteiger partial charge in [-0.3, -0.25) is 9.59 Å². The van der Waals surface area contributed by atoms with Crippen LogP contribution in [0.4, 0.5) is 0 Å². The van der Waals surface area contributed by atoms with Crippen LogP contribution in [-0.4, -0.2) is 16.0 Å². The van der Waals surface area contributed by atoms with Gasteiger partial charge in [0.1, 0.15) is 5.56 Å². The lowest BCUT2D eigenvalue weighted by molar-refractivity contribution is 0.0963. The lowest BCUT2D eigenvalue weighted by Crippen LogP contribution is -2.35. The van der Waals surface area contributed by atoms with Crippen molar-refractivity contribution in [2.75, 3.05) is 0 Å². The molecule has 3 N–H and O–H groups in total. The smallest absolute Gasteiger partial charge is 0.261 e. The molecular formula is C24H30N2O3. The number of aliphatic hydroxyl groups excluding tert-OH is 1. The monoisotopic (exact) mass is 394 g/mol. The van der Waals surface area contributed by atoms with Crippen molar-refractivity contribution in [3.8, 4) is 0 Å². The number of rotatable bonds is 2. The first-order valence-electron chi connectivity index (χ1n) is 9.95. The fourth-order valence-electron chi connectivity index (χ4n) is 3.85. The second-order valence-corrected chi connectivity index (χ2v) is 9.87. The van der Waals surface area contributed by atoms with Crippen molar-refractivity contribution in [1.82, 2.24) is 10.3 Å². The molecule has 5 heteroatoms. The number of para-hydroxylation sites is 1. The zero-order valence-corrected chi connectivity index (χ0v) is 18.0. The SMILES string of the molecule is CC(C)(C)C1=C(NC(=O)c2c[nH]c3ccccc3c2=O)C=C(O)C(C(C)(C)C)C1. The van der Waals surface area contributed by atoms with Crippen LogP contribution in [0.25, 0.3) is 10.9 Å². The molecule has 0 spiro atoms. The van der Waals surface area contributed by atoms with Crippen LogP contribution in [0.5, 0.6) is 0 Å². The Labute approximate surface area is 171 Å². The first-order chi connectivity index (χ1) is 13.4. The molecule has 5 nitrogen and oxygen atoms in total. The Kier molecular flexibility index (Phi) is 5.20. The maximum Gasteiger partial charge on any atom is 0.261 e. The zero-order chi connectivity index (χ0) is 21.6. The third kappa shape index (κ3) is 4.14. The lowest BCUT2D eigenvalue weighted by atomic mass is 9.69. The minimum atomic E-state index is -0.480. The van der Waals surface area contributed by atoms with E-state index in [0.717, 1.165) is 5.57 Å². The van der Waals surface area contributed by atoms with Gasteiger partial charge < -0.3 is 15.4 Å². The average Bonchev–Trinajstić information content (AvgIpc) is 2.60. The number of aliphatic hydroxyl groups is 1. The second kappa shape index (κ2) is 7.21. The van der Waals surface area contributed by atoms with E-state index in [9.17, 15) is 14.7 Å². The highest BCUT2D eigenvalue weighted by Gasteiger charge is 2.36. The molecule has 2 aromatic rings. The Hall–Kier alpha value is -2.82. The van der Waals surface area contributed by atoms with E-state index in [-0.39, 0.29) is 33.5 Å². The molecule has 154 valence electrons. The zero-order valence-electron chi connectivity index (χ0n) is 18.0.